The quantitative estimate of drug-likeness (QED) is 0.226. The molecule has 0 aromatic heterocycles. The highest BCUT2D eigenvalue weighted by Gasteiger charge is 2.50. The molecule has 12 heteroatoms. The number of carbonyl (C=O) groups excluding carboxylic acids is 1. The van der Waals surface area contributed by atoms with E-state index in [0.29, 0.717) is 0 Å². The van der Waals surface area contributed by atoms with E-state index in [0.717, 1.165) is 6.92 Å². The molecule has 0 spiro atoms. The molecule has 0 saturated carbocycles. The molecule has 26 heavy (non-hydrogen) atoms. The topological polar surface area (TPSA) is 198 Å². The molecule has 0 bridgehead atoms. The first-order chi connectivity index (χ1) is 12.2. The van der Waals surface area contributed by atoms with Gasteiger partial charge < -0.3 is 55.3 Å². The summed E-state index contributed by atoms with van der Waals surface area (Å²) in [7, 11) is 0. The second-order valence-corrected chi connectivity index (χ2v) is 6.26. The predicted molar refractivity (Wildman–Crippen MR) is 80.2 cm³/mol. The van der Waals surface area contributed by atoms with Crippen molar-refractivity contribution < 1.29 is 54.8 Å². The molecular weight excluding hydrogens is 358 g/mol. The molecule has 0 radical (unpaired) electrons. The molecule has 2 aliphatic rings. The fourth-order valence-corrected chi connectivity index (χ4v) is 2.98. The van der Waals surface area contributed by atoms with Gasteiger partial charge in [-0.05, 0) is 0 Å². The minimum atomic E-state index is -1.75. The molecule has 10 atom stereocenters. The fraction of sp³-hybridized carbons (Fsp3) is 0.929. The first-order valence-corrected chi connectivity index (χ1v) is 8.06. The number of carbonyl (C=O) groups is 1. The number of aliphatic hydroxyl groups excluding tert-OH is 7. The third-order valence-corrected chi connectivity index (χ3v) is 4.38. The number of amides is 1. The smallest absolute Gasteiger partial charge is 0.217 e. The average molecular weight is 383 g/mol. The van der Waals surface area contributed by atoms with Gasteiger partial charge in [0, 0.05) is 6.92 Å². The van der Waals surface area contributed by atoms with Gasteiger partial charge in [0.05, 0.1) is 13.2 Å². The maximum atomic E-state index is 11.4. The van der Waals surface area contributed by atoms with Crippen molar-refractivity contribution in [2.24, 2.45) is 0 Å². The molecule has 152 valence electrons. The zero-order valence-electron chi connectivity index (χ0n) is 14.0. The van der Waals surface area contributed by atoms with Crippen LogP contribution in [0, 0.1) is 0 Å². The van der Waals surface area contributed by atoms with Gasteiger partial charge in [0.25, 0.3) is 0 Å². The van der Waals surface area contributed by atoms with Crippen LogP contribution in [0.25, 0.3) is 0 Å². The molecule has 8 N–H and O–H groups in total. The van der Waals surface area contributed by atoms with Crippen molar-refractivity contribution in [3.63, 3.8) is 0 Å². The minimum Gasteiger partial charge on any atom is -0.394 e. The van der Waals surface area contributed by atoms with Gasteiger partial charge in [0.15, 0.2) is 12.6 Å². The lowest BCUT2D eigenvalue weighted by Crippen LogP contribution is -2.67. The van der Waals surface area contributed by atoms with Crippen molar-refractivity contribution >= 4 is 5.91 Å². The highest BCUT2D eigenvalue weighted by Crippen LogP contribution is 2.28. The Balaban J connectivity index is 2.22. The third kappa shape index (κ3) is 4.31. The van der Waals surface area contributed by atoms with Crippen LogP contribution >= 0.6 is 0 Å². The molecule has 8 unspecified atom stereocenters. The number of aliphatic hydroxyl groups is 7. The molecule has 2 fully saturated rings. The zero-order chi connectivity index (χ0) is 19.6. The number of hydrogen-bond acceptors (Lipinski definition) is 11. The first-order valence-electron chi connectivity index (χ1n) is 8.06. The summed E-state index contributed by atoms with van der Waals surface area (Å²) in [5.74, 6) is -0.574. The summed E-state index contributed by atoms with van der Waals surface area (Å²) >= 11 is 0. The van der Waals surface area contributed by atoms with Crippen LogP contribution in [0.4, 0.5) is 0 Å². The number of ether oxygens (including phenoxy) is 3. The first kappa shape index (κ1) is 21.4. The second-order valence-electron chi connectivity index (χ2n) is 6.26. The van der Waals surface area contributed by atoms with Gasteiger partial charge in [-0.1, -0.05) is 0 Å². The molecule has 0 aromatic carbocycles. The van der Waals surface area contributed by atoms with Gasteiger partial charge in [-0.25, -0.2) is 0 Å². The summed E-state index contributed by atoms with van der Waals surface area (Å²) < 4.78 is 15.8. The minimum absolute atomic E-state index is 0.574. The van der Waals surface area contributed by atoms with E-state index in [1.165, 1.54) is 0 Å². The van der Waals surface area contributed by atoms with Gasteiger partial charge in [-0.15, -0.1) is 0 Å². The van der Waals surface area contributed by atoms with Gasteiger partial charge in [0.2, 0.25) is 5.91 Å². The molecule has 0 aliphatic carbocycles. The Morgan fingerprint density at radius 1 is 0.923 bits per heavy atom. The second kappa shape index (κ2) is 8.84. The highest BCUT2D eigenvalue weighted by atomic mass is 16.7. The monoisotopic (exact) mass is 383 g/mol. The Hall–Kier alpha value is -0.930. The lowest BCUT2D eigenvalue weighted by molar-refractivity contribution is -0.341. The van der Waals surface area contributed by atoms with Crippen LogP contribution in [0.15, 0.2) is 0 Å². The van der Waals surface area contributed by atoms with Crippen molar-refractivity contribution in [2.75, 3.05) is 13.2 Å². The Morgan fingerprint density at radius 2 is 1.54 bits per heavy atom. The lowest BCUT2D eigenvalue weighted by atomic mass is 9.95. The molecule has 2 rings (SSSR count). The van der Waals surface area contributed by atoms with Crippen molar-refractivity contribution in [3.8, 4) is 0 Å². The normalized spacial score (nSPS) is 46.8. The molecule has 2 saturated heterocycles. The Kier molecular flexibility index (Phi) is 7.27. The maximum Gasteiger partial charge on any atom is 0.217 e. The van der Waals surface area contributed by atoms with Crippen LogP contribution in [0.2, 0.25) is 0 Å². The number of hydrogen-bond donors (Lipinski definition) is 8. The summed E-state index contributed by atoms with van der Waals surface area (Å²) in [5.41, 5.74) is 0. The van der Waals surface area contributed by atoms with Crippen LogP contribution in [-0.4, -0.2) is 116 Å². The molecular formula is C14H25NO11. The molecule has 2 aliphatic heterocycles. The maximum absolute atomic E-state index is 11.4. The molecule has 0 aromatic rings. The molecule has 2 heterocycles. The van der Waals surface area contributed by atoms with Gasteiger partial charge in [0.1, 0.15) is 48.8 Å². The molecule has 12 nitrogen and oxygen atoms in total. The predicted octanol–water partition coefficient (Wildman–Crippen LogP) is -5.25. The van der Waals surface area contributed by atoms with E-state index in [4.69, 9.17) is 14.2 Å². The SMILES string of the molecule is CC(=O)NC1C(O)C(O)C(CO)O[C@H]1OC1C(CO)O[C@@H](O)C(O)C1O. The van der Waals surface area contributed by atoms with Crippen LogP contribution in [-0.2, 0) is 19.0 Å². The Morgan fingerprint density at radius 3 is 2.08 bits per heavy atom. The van der Waals surface area contributed by atoms with Crippen molar-refractivity contribution in [1.29, 1.82) is 0 Å². The van der Waals surface area contributed by atoms with E-state index < -0.39 is 80.5 Å². The lowest BCUT2D eigenvalue weighted by Gasteiger charge is -2.46. The van der Waals surface area contributed by atoms with Gasteiger partial charge >= 0.3 is 0 Å². The van der Waals surface area contributed by atoms with Crippen LogP contribution in [0.3, 0.4) is 0 Å². The summed E-state index contributed by atoms with van der Waals surface area (Å²) in [4.78, 5) is 11.4. The fourth-order valence-electron chi connectivity index (χ4n) is 2.98. The Labute approximate surface area is 148 Å². The summed E-state index contributed by atoms with van der Waals surface area (Å²) in [5, 5.41) is 70.5. The van der Waals surface area contributed by atoms with Crippen LogP contribution in [0.1, 0.15) is 6.92 Å². The summed E-state index contributed by atoms with van der Waals surface area (Å²) in [6.07, 6.45) is -13.6. The van der Waals surface area contributed by atoms with Gasteiger partial charge in [-0.2, -0.15) is 0 Å². The molecule has 1 amide bonds. The number of rotatable bonds is 5. The van der Waals surface area contributed by atoms with E-state index in [9.17, 15) is 40.5 Å². The Bertz CT molecular complexity index is 478. The third-order valence-electron chi connectivity index (χ3n) is 4.38. The standard InChI is InChI=1S/C14H25NO11/c1-4(18)15-7-9(20)8(19)5(2-16)25-14(7)26-12-6(3-17)24-13(23)11(22)10(12)21/h5-14,16-17,19-23H,2-3H2,1H3,(H,15,18)/t5?,6?,7?,8?,9?,10?,11?,12?,13-,14+/m1/s1. The van der Waals surface area contributed by atoms with Crippen molar-refractivity contribution in [1.82, 2.24) is 5.32 Å². The van der Waals surface area contributed by atoms with Crippen molar-refractivity contribution in [2.45, 2.75) is 68.3 Å². The summed E-state index contributed by atoms with van der Waals surface area (Å²) in [6, 6.07) is -1.28. The summed E-state index contributed by atoms with van der Waals surface area (Å²) in [6.45, 7) is -0.194. The van der Waals surface area contributed by atoms with Gasteiger partial charge in [-0.3, -0.25) is 4.79 Å². The largest absolute Gasteiger partial charge is 0.394 e. The van der Waals surface area contributed by atoms with Crippen LogP contribution < -0.4 is 5.32 Å². The highest BCUT2D eigenvalue weighted by molar-refractivity contribution is 5.73. The van der Waals surface area contributed by atoms with Crippen molar-refractivity contribution in [3.05, 3.63) is 0 Å². The van der Waals surface area contributed by atoms with E-state index in [1.807, 2.05) is 0 Å². The van der Waals surface area contributed by atoms with E-state index in [-0.39, 0.29) is 0 Å². The van der Waals surface area contributed by atoms with Crippen LogP contribution in [0.5, 0.6) is 0 Å². The van der Waals surface area contributed by atoms with E-state index in [1.54, 1.807) is 0 Å². The van der Waals surface area contributed by atoms with E-state index in [2.05, 4.69) is 5.32 Å². The number of nitrogens with one attached hydrogen (secondary N) is 1. The zero-order valence-corrected chi connectivity index (χ0v) is 14.0. The average Bonchev–Trinajstić information content (AvgIpc) is 2.60. The van der Waals surface area contributed by atoms with E-state index >= 15 is 0 Å².